The molecule has 5 rings (SSSR count). The molecule has 1 N–H and O–H groups in total. The minimum Gasteiger partial charge on any atom is -0.322 e. The van der Waals surface area contributed by atoms with Crippen LogP contribution in [-0.2, 0) is 17.6 Å². The first kappa shape index (κ1) is 24.9. The highest BCUT2D eigenvalue weighted by Crippen LogP contribution is 2.46. The van der Waals surface area contributed by atoms with Gasteiger partial charge >= 0.3 is 0 Å². The Balaban J connectivity index is 1.63. The lowest BCUT2D eigenvalue weighted by Gasteiger charge is -2.33. The molecule has 2 heterocycles. The smallest absolute Gasteiger partial charge is 0.277 e. The van der Waals surface area contributed by atoms with Gasteiger partial charge in [-0.2, -0.15) is 0 Å². The van der Waals surface area contributed by atoms with E-state index in [0.29, 0.717) is 28.7 Å². The summed E-state index contributed by atoms with van der Waals surface area (Å²) >= 11 is 5.11. The Bertz CT molecular complexity index is 1370. The van der Waals surface area contributed by atoms with Crippen LogP contribution < -0.4 is 10.2 Å². The number of anilines is 2. The number of nitrogens with one attached hydrogen (secondary N) is 1. The molecular weight excluding hydrogens is 534 g/mol. The summed E-state index contributed by atoms with van der Waals surface area (Å²) < 4.78 is 0.889. The number of benzene rings is 2. The molecule has 36 heavy (non-hydrogen) atoms. The molecule has 5 nitrogen and oxygen atoms in total. The number of carbonyl (C=O) groups is 2. The van der Waals surface area contributed by atoms with Crippen molar-refractivity contribution in [3.05, 3.63) is 74.6 Å². The molecule has 2 amide bonds. The fourth-order valence-electron chi connectivity index (χ4n) is 5.15. The van der Waals surface area contributed by atoms with Crippen LogP contribution in [0.1, 0.15) is 60.5 Å². The van der Waals surface area contributed by atoms with Crippen LogP contribution in [-0.4, -0.2) is 24.1 Å². The van der Waals surface area contributed by atoms with Crippen molar-refractivity contribution in [3.63, 3.8) is 0 Å². The minimum absolute atomic E-state index is 0.126. The summed E-state index contributed by atoms with van der Waals surface area (Å²) in [5.41, 5.74) is 4.67. The van der Waals surface area contributed by atoms with E-state index in [2.05, 4.69) is 42.0 Å². The second-order valence-electron chi connectivity index (χ2n) is 10.5. The molecule has 3 aromatic rings. The quantitative estimate of drug-likeness (QED) is 0.359. The molecule has 0 bridgehead atoms. The van der Waals surface area contributed by atoms with E-state index in [9.17, 15) is 9.59 Å². The SMILES string of the molecule is CCN1C(=O)C(=Nc2sc3c(c2C(=O)Nc2ccccc2)CC[C@H](C(C)(C)C)C3)c2cc(Br)ccc21. The standard InChI is InChI=1S/C29H30BrN3O2S/c1-5-33-22-14-12-18(30)16-21(22)25(28(33)35)32-27-24(26(34)31-19-9-7-6-8-10-19)20-13-11-17(29(2,3)4)15-23(20)36-27/h6-10,12,14,16-17H,5,11,13,15H2,1-4H3,(H,31,34)/t17-/m0/s1. The Labute approximate surface area is 224 Å². The number of rotatable bonds is 4. The Morgan fingerprint density at radius 3 is 2.64 bits per heavy atom. The Morgan fingerprint density at radius 2 is 1.94 bits per heavy atom. The third-order valence-electron chi connectivity index (χ3n) is 7.21. The van der Waals surface area contributed by atoms with Gasteiger partial charge in [0.2, 0.25) is 0 Å². The highest BCUT2D eigenvalue weighted by atomic mass is 79.9. The van der Waals surface area contributed by atoms with Crippen molar-refractivity contribution in [2.45, 2.75) is 47.0 Å². The highest BCUT2D eigenvalue weighted by molar-refractivity contribution is 9.10. The van der Waals surface area contributed by atoms with E-state index in [1.807, 2.05) is 55.5 Å². The molecule has 0 spiro atoms. The van der Waals surface area contributed by atoms with Crippen LogP contribution in [0.15, 0.2) is 58.0 Å². The fourth-order valence-corrected chi connectivity index (χ4v) is 6.81. The van der Waals surface area contributed by atoms with Crippen molar-refractivity contribution in [1.82, 2.24) is 0 Å². The first-order valence-electron chi connectivity index (χ1n) is 12.4. The van der Waals surface area contributed by atoms with Gasteiger partial charge in [0, 0.05) is 27.1 Å². The number of halogens is 1. The number of aliphatic imine (C=N–C) groups is 1. The summed E-state index contributed by atoms with van der Waals surface area (Å²) in [5.74, 6) is 0.244. The van der Waals surface area contributed by atoms with Crippen LogP contribution in [0.5, 0.6) is 0 Å². The predicted octanol–water partition coefficient (Wildman–Crippen LogP) is 7.40. The van der Waals surface area contributed by atoms with E-state index in [0.717, 1.165) is 46.2 Å². The fraction of sp³-hybridized carbons (Fsp3) is 0.345. The molecule has 1 aliphatic carbocycles. The maximum Gasteiger partial charge on any atom is 0.277 e. The second kappa shape index (κ2) is 9.60. The molecule has 2 aromatic carbocycles. The molecule has 1 aromatic heterocycles. The summed E-state index contributed by atoms with van der Waals surface area (Å²) in [7, 11) is 0. The van der Waals surface area contributed by atoms with Gasteiger partial charge in [-0.05, 0) is 73.4 Å². The van der Waals surface area contributed by atoms with Gasteiger partial charge in [-0.1, -0.05) is 54.9 Å². The lowest BCUT2D eigenvalue weighted by atomic mass is 9.72. The summed E-state index contributed by atoms with van der Waals surface area (Å²) in [4.78, 5) is 34.9. The zero-order chi connectivity index (χ0) is 25.6. The van der Waals surface area contributed by atoms with Gasteiger partial charge in [0.1, 0.15) is 10.7 Å². The van der Waals surface area contributed by atoms with Gasteiger partial charge in [-0.3, -0.25) is 9.59 Å². The van der Waals surface area contributed by atoms with Crippen molar-refractivity contribution in [3.8, 4) is 0 Å². The second-order valence-corrected chi connectivity index (χ2v) is 12.5. The van der Waals surface area contributed by atoms with Gasteiger partial charge in [0.05, 0.1) is 11.3 Å². The molecular formula is C29H30BrN3O2S. The number of para-hydroxylation sites is 1. The summed E-state index contributed by atoms with van der Waals surface area (Å²) in [5, 5.41) is 3.68. The maximum absolute atomic E-state index is 13.6. The van der Waals surface area contributed by atoms with E-state index in [1.54, 1.807) is 16.2 Å². The Hall–Kier alpha value is -2.77. The molecule has 7 heteroatoms. The lowest BCUT2D eigenvalue weighted by Crippen LogP contribution is -2.29. The number of likely N-dealkylation sites (N-methyl/N-ethyl adjacent to an activating group) is 1. The minimum atomic E-state index is -0.167. The number of carbonyl (C=O) groups excluding carboxylic acids is 2. The van der Waals surface area contributed by atoms with Crippen molar-refractivity contribution < 1.29 is 9.59 Å². The molecule has 0 saturated carbocycles. The van der Waals surface area contributed by atoms with E-state index in [1.165, 1.54) is 4.88 Å². The predicted molar refractivity (Wildman–Crippen MR) is 152 cm³/mol. The maximum atomic E-state index is 13.6. The number of thiophene rings is 1. The number of amides is 2. The van der Waals surface area contributed by atoms with Gasteiger partial charge in [-0.15, -0.1) is 11.3 Å². The molecule has 186 valence electrons. The summed E-state index contributed by atoms with van der Waals surface area (Å²) in [6.45, 7) is 9.37. The van der Waals surface area contributed by atoms with Crippen LogP contribution in [0.2, 0.25) is 0 Å². The lowest BCUT2D eigenvalue weighted by molar-refractivity contribution is -0.112. The molecule has 0 unspecified atom stereocenters. The molecule has 1 atom stereocenters. The number of nitrogens with zero attached hydrogens (tertiary/aromatic N) is 2. The van der Waals surface area contributed by atoms with Gasteiger partial charge in [0.25, 0.3) is 11.8 Å². The van der Waals surface area contributed by atoms with Crippen molar-refractivity contribution in [1.29, 1.82) is 0 Å². The third-order valence-corrected chi connectivity index (χ3v) is 8.85. The van der Waals surface area contributed by atoms with Crippen molar-refractivity contribution in [2.75, 3.05) is 16.8 Å². The highest BCUT2D eigenvalue weighted by Gasteiger charge is 2.36. The largest absolute Gasteiger partial charge is 0.322 e. The normalized spacial score (nSPS) is 18.4. The van der Waals surface area contributed by atoms with Crippen LogP contribution >= 0.6 is 27.3 Å². The number of fused-ring (bicyclic) bond motifs is 2. The van der Waals surface area contributed by atoms with Gasteiger partial charge in [0.15, 0.2) is 0 Å². The zero-order valence-electron chi connectivity index (χ0n) is 21.0. The number of hydrogen-bond donors (Lipinski definition) is 1. The van der Waals surface area contributed by atoms with E-state index < -0.39 is 0 Å². The van der Waals surface area contributed by atoms with Crippen molar-refractivity contribution in [2.24, 2.45) is 16.3 Å². The monoisotopic (exact) mass is 563 g/mol. The van der Waals surface area contributed by atoms with E-state index >= 15 is 0 Å². The van der Waals surface area contributed by atoms with E-state index in [4.69, 9.17) is 4.99 Å². The first-order valence-corrected chi connectivity index (χ1v) is 14.0. The molecule has 1 aliphatic heterocycles. The van der Waals surface area contributed by atoms with Crippen LogP contribution in [0.3, 0.4) is 0 Å². The van der Waals surface area contributed by atoms with Crippen LogP contribution in [0, 0.1) is 11.3 Å². The Morgan fingerprint density at radius 1 is 1.19 bits per heavy atom. The average molecular weight is 565 g/mol. The van der Waals surface area contributed by atoms with Crippen LogP contribution in [0.4, 0.5) is 16.4 Å². The molecule has 0 radical (unpaired) electrons. The zero-order valence-corrected chi connectivity index (χ0v) is 23.4. The van der Waals surface area contributed by atoms with E-state index in [-0.39, 0.29) is 17.2 Å². The average Bonchev–Trinajstić information content (AvgIpc) is 3.33. The van der Waals surface area contributed by atoms with Crippen LogP contribution in [0.25, 0.3) is 0 Å². The first-order chi connectivity index (χ1) is 17.2. The number of hydrogen-bond acceptors (Lipinski definition) is 4. The topological polar surface area (TPSA) is 61.8 Å². The molecule has 0 saturated heterocycles. The van der Waals surface area contributed by atoms with Crippen molar-refractivity contribution >= 4 is 61.2 Å². The third kappa shape index (κ3) is 4.55. The molecule has 2 aliphatic rings. The van der Waals surface area contributed by atoms with Gasteiger partial charge in [-0.25, -0.2) is 4.99 Å². The summed E-state index contributed by atoms with van der Waals surface area (Å²) in [6, 6.07) is 15.3. The van der Waals surface area contributed by atoms with Gasteiger partial charge < -0.3 is 10.2 Å². The molecule has 0 fully saturated rings. The Kier molecular flexibility index (Phi) is 6.64. The summed E-state index contributed by atoms with van der Waals surface area (Å²) in [6.07, 6.45) is 2.80.